The minimum absolute atomic E-state index is 0.236. The quantitative estimate of drug-likeness (QED) is 0.682. The van der Waals surface area contributed by atoms with Gasteiger partial charge in [-0.2, -0.15) is 0 Å². The van der Waals surface area contributed by atoms with E-state index in [1.54, 1.807) is 0 Å². The normalized spacial score (nSPS) is 21.4. The zero-order valence-corrected chi connectivity index (χ0v) is 9.62. The number of carbonyl (C=O) groups is 1. The zero-order chi connectivity index (χ0) is 10.6. The van der Waals surface area contributed by atoms with Gasteiger partial charge in [0.15, 0.2) is 0 Å². The van der Waals surface area contributed by atoms with E-state index in [-0.39, 0.29) is 6.03 Å². The molecule has 1 heterocycles. The van der Waals surface area contributed by atoms with E-state index in [0.29, 0.717) is 6.04 Å². The van der Waals surface area contributed by atoms with E-state index < -0.39 is 0 Å². The molecule has 0 spiro atoms. The van der Waals surface area contributed by atoms with Crippen LogP contribution in [0.25, 0.3) is 0 Å². The van der Waals surface area contributed by atoms with Crippen LogP contribution >= 0.6 is 0 Å². The number of nitrogens with zero attached hydrogens (tertiary/aromatic N) is 2. The maximum Gasteiger partial charge on any atom is 0.320 e. The number of carbonyl (C=O) groups excluding carboxylic acids is 1. The first-order chi connectivity index (χ1) is 6.74. The Kier molecular flexibility index (Phi) is 4.23. The predicted octanol–water partition coefficient (Wildman–Crippen LogP) is 2.32. The van der Waals surface area contributed by atoms with Crippen molar-refractivity contribution in [2.45, 2.75) is 46.1 Å². The molecular weight excluding hydrogens is 176 g/mol. The molecule has 2 amide bonds. The molecule has 1 fully saturated rings. The molecule has 1 saturated heterocycles. The summed E-state index contributed by atoms with van der Waals surface area (Å²) < 4.78 is 0. The van der Waals surface area contributed by atoms with Crippen LogP contribution in [0.15, 0.2) is 0 Å². The SMILES string of the molecule is CCC1CCCN1C(=O)N(CC)CC. The molecule has 1 atom stereocenters. The van der Waals surface area contributed by atoms with Gasteiger partial charge in [-0.25, -0.2) is 4.79 Å². The molecule has 82 valence electrons. The van der Waals surface area contributed by atoms with Crippen molar-refractivity contribution in [1.82, 2.24) is 9.80 Å². The maximum absolute atomic E-state index is 12.0. The van der Waals surface area contributed by atoms with Crippen molar-refractivity contribution >= 4 is 6.03 Å². The van der Waals surface area contributed by atoms with Crippen LogP contribution in [0.2, 0.25) is 0 Å². The van der Waals surface area contributed by atoms with E-state index in [9.17, 15) is 4.79 Å². The number of hydrogen-bond donors (Lipinski definition) is 0. The molecule has 1 aliphatic rings. The van der Waals surface area contributed by atoms with Crippen molar-refractivity contribution in [3.63, 3.8) is 0 Å². The van der Waals surface area contributed by atoms with Crippen LogP contribution in [0.3, 0.4) is 0 Å². The van der Waals surface area contributed by atoms with Gasteiger partial charge in [0.2, 0.25) is 0 Å². The lowest BCUT2D eigenvalue weighted by Crippen LogP contribution is -2.45. The molecule has 1 rings (SSSR count). The first kappa shape index (κ1) is 11.3. The van der Waals surface area contributed by atoms with Crippen LogP contribution in [0.5, 0.6) is 0 Å². The van der Waals surface area contributed by atoms with Gasteiger partial charge < -0.3 is 9.80 Å². The molecule has 0 saturated carbocycles. The summed E-state index contributed by atoms with van der Waals surface area (Å²) >= 11 is 0. The largest absolute Gasteiger partial charge is 0.325 e. The minimum Gasteiger partial charge on any atom is -0.325 e. The Labute approximate surface area is 87.1 Å². The topological polar surface area (TPSA) is 23.6 Å². The Morgan fingerprint density at radius 1 is 1.36 bits per heavy atom. The van der Waals surface area contributed by atoms with Crippen molar-refractivity contribution < 1.29 is 4.79 Å². The van der Waals surface area contributed by atoms with Gasteiger partial charge in [-0.15, -0.1) is 0 Å². The van der Waals surface area contributed by atoms with Gasteiger partial charge in [0, 0.05) is 25.7 Å². The fourth-order valence-corrected chi connectivity index (χ4v) is 2.19. The van der Waals surface area contributed by atoms with Gasteiger partial charge in [0.1, 0.15) is 0 Å². The Bertz CT molecular complexity index is 190. The Hall–Kier alpha value is -0.730. The van der Waals surface area contributed by atoms with Crippen LogP contribution < -0.4 is 0 Å². The lowest BCUT2D eigenvalue weighted by Gasteiger charge is -2.30. The average Bonchev–Trinajstić information content (AvgIpc) is 2.67. The zero-order valence-electron chi connectivity index (χ0n) is 9.62. The third-order valence-electron chi connectivity index (χ3n) is 3.13. The average molecular weight is 198 g/mol. The highest BCUT2D eigenvalue weighted by molar-refractivity contribution is 5.75. The highest BCUT2D eigenvalue weighted by Gasteiger charge is 2.29. The van der Waals surface area contributed by atoms with E-state index >= 15 is 0 Å². The summed E-state index contributed by atoms with van der Waals surface area (Å²) in [4.78, 5) is 16.0. The maximum atomic E-state index is 12.0. The predicted molar refractivity (Wildman–Crippen MR) is 58.3 cm³/mol. The third-order valence-corrected chi connectivity index (χ3v) is 3.13. The van der Waals surface area contributed by atoms with Crippen LogP contribution in [0, 0.1) is 0 Å². The Morgan fingerprint density at radius 2 is 2.00 bits per heavy atom. The minimum atomic E-state index is 0.236. The molecule has 0 N–H and O–H groups in total. The van der Waals surface area contributed by atoms with Gasteiger partial charge in [-0.3, -0.25) is 0 Å². The van der Waals surface area contributed by atoms with Gasteiger partial charge in [-0.05, 0) is 33.1 Å². The van der Waals surface area contributed by atoms with Crippen molar-refractivity contribution in [1.29, 1.82) is 0 Å². The molecule has 0 aromatic heterocycles. The molecular formula is C11H22N2O. The van der Waals surface area contributed by atoms with Crippen LogP contribution in [0.4, 0.5) is 4.79 Å². The molecule has 1 aliphatic heterocycles. The fraction of sp³-hybridized carbons (Fsp3) is 0.909. The van der Waals surface area contributed by atoms with E-state index in [2.05, 4.69) is 6.92 Å². The summed E-state index contributed by atoms with van der Waals surface area (Å²) in [5, 5.41) is 0. The summed E-state index contributed by atoms with van der Waals surface area (Å²) in [6, 6.07) is 0.724. The van der Waals surface area contributed by atoms with Gasteiger partial charge >= 0.3 is 6.03 Å². The standard InChI is InChI=1S/C11H22N2O/c1-4-10-8-7-9-13(10)11(14)12(5-2)6-3/h10H,4-9H2,1-3H3. The van der Waals surface area contributed by atoms with Gasteiger partial charge in [0.25, 0.3) is 0 Å². The number of urea groups is 1. The summed E-state index contributed by atoms with van der Waals surface area (Å²) in [5.41, 5.74) is 0. The van der Waals surface area contributed by atoms with Gasteiger partial charge in [0.05, 0.1) is 0 Å². The third kappa shape index (κ3) is 2.20. The monoisotopic (exact) mass is 198 g/mol. The van der Waals surface area contributed by atoms with Gasteiger partial charge in [-0.1, -0.05) is 6.92 Å². The molecule has 0 aliphatic carbocycles. The molecule has 0 bridgehead atoms. The van der Waals surface area contributed by atoms with Crippen molar-refractivity contribution in [2.24, 2.45) is 0 Å². The van der Waals surface area contributed by atoms with E-state index in [4.69, 9.17) is 0 Å². The first-order valence-corrected chi connectivity index (χ1v) is 5.80. The lowest BCUT2D eigenvalue weighted by atomic mass is 10.2. The highest BCUT2D eigenvalue weighted by Crippen LogP contribution is 2.21. The molecule has 14 heavy (non-hydrogen) atoms. The van der Waals surface area contributed by atoms with Crippen LogP contribution in [-0.2, 0) is 0 Å². The molecule has 0 radical (unpaired) electrons. The molecule has 0 aromatic carbocycles. The number of amides is 2. The van der Waals surface area contributed by atoms with Crippen molar-refractivity contribution in [2.75, 3.05) is 19.6 Å². The van der Waals surface area contributed by atoms with E-state index in [1.165, 1.54) is 12.8 Å². The van der Waals surface area contributed by atoms with Crippen molar-refractivity contribution in [3.05, 3.63) is 0 Å². The first-order valence-electron chi connectivity index (χ1n) is 5.80. The number of hydrogen-bond acceptors (Lipinski definition) is 1. The fourth-order valence-electron chi connectivity index (χ4n) is 2.19. The van der Waals surface area contributed by atoms with E-state index in [1.807, 2.05) is 23.6 Å². The second kappa shape index (κ2) is 5.23. The number of rotatable bonds is 3. The van der Waals surface area contributed by atoms with Crippen LogP contribution in [-0.4, -0.2) is 41.5 Å². The van der Waals surface area contributed by atoms with E-state index in [0.717, 1.165) is 26.1 Å². The second-order valence-electron chi connectivity index (χ2n) is 3.85. The summed E-state index contributed by atoms with van der Waals surface area (Å²) in [5.74, 6) is 0. The molecule has 3 nitrogen and oxygen atoms in total. The molecule has 0 aromatic rings. The Balaban J connectivity index is 2.58. The molecule has 3 heteroatoms. The van der Waals surface area contributed by atoms with Crippen molar-refractivity contribution in [3.8, 4) is 0 Å². The highest BCUT2D eigenvalue weighted by atomic mass is 16.2. The Morgan fingerprint density at radius 3 is 2.50 bits per heavy atom. The second-order valence-corrected chi connectivity index (χ2v) is 3.85. The summed E-state index contributed by atoms with van der Waals surface area (Å²) in [6.07, 6.45) is 3.45. The number of likely N-dealkylation sites (tertiary alicyclic amines) is 1. The molecule has 1 unspecified atom stereocenters. The smallest absolute Gasteiger partial charge is 0.320 e. The summed E-state index contributed by atoms with van der Waals surface area (Å²) in [7, 11) is 0. The van der Waals surface area contributed by atoms with Crippen LogP contribution in [0.1, 0.15) is 40.0 Å². The lowest BCUT2D eigenvalue weighted by molar-refractivity contribution is 0.151. The summed E-state index contributed by atoms with van der Waals surface area (Å²) in [6.45, 7) is 8.84.